The van der Waals surface area contributed by atoms with Gasteiger partial charge in [0.05, 0.1) is 4.90 Å². The quantitative estimate of drug-likeness (QED) is 0.842. The highest BCUT2D eigenvalue weighted by Crippen LogP contribution is 2.17. The van der Waals surface area contributed by atoms with Gasteiger partial charge in [-0.1, -0.05) is 0 Å². The standard InChI is InChI=1S/C14H19FN2O4S/c1-10(14(18)19)17-8-6-12(7-9-17)16-22(20,21)13-4-2-11(15)3-5-13/h2-5,10,12,16H,6-9H2,1H3,(H,18,19). The summed E-state index contributed by atoms with van der Waals surface area (Å²) >= 11 is 0. The molecular weight excluding hydrogens is 311 g/mol. The SMILES string of the molecule is CC(C(=O)O)N1CCC(NS(=O)(=O)c2ccc(F)cc2)CC1. The molecule has 0 spiro atoms. The Balaban J connectivity index is 1.95. The molecular formula is C14H19FN2O4S. The molecule has 1 fully saturated rings. The molecule has 1 atom stereocenters. The summed E-state index contributed by atoms with van der Waals surface area (Å²) in [5, 5.41) is 8.97. The van der Waals surface area contributed by atoms with Crippen LogP contribution in [0.25, 0.3) is 0 Å². The summed E-state index contributed by atoms with van der Waals surface area (Å²) in [5.41, 5.74) is 0. The van der Waals surface area contributed by atoms with Crippen molar-refractivity contribution in [2.24, 2.45) is 0 Å². The molecule has 1 saturated heterocycles. The van der Waals surface area contributed by atoms with Gasteiger partial charge in [0.2, 0.25) is 10.0 Å². The number of rotatable bonds is 5. The molecule has 1 aromatic rings. The molecule has 1 unspecified atom stereocenters. The topological polar surface area (TPSA) is 86.7 Å². The summed E-state index contributed by atoms with van der Waals surface area (Å²) in [6, 6.07) is 3.83. The summed E-state index contributed by atoms with van der Waals surface area (Å²) in [5.74, 6) is -1.37. The number of aliphatic carboxylic acids is 1. The third-order valence-electron chi connectivity index (χ3n) is 3.88. The number of nitrogens with zero attached hydrogens (tertiary/aromatic N) is 1. The van der Waals surface area contributed by atoms with Crippen LogP contribution in [0.5, 0.6) is 0 Å². The number of sulfonamides is 1. The Hall–Kier alpha value is -1.51. The van der Waals surface area contributed by atoms with Crippen molar-refractivity contribution in [2.45, 2.75) is 36.7 Å². The number of hydrogen-bond donors (Lipinski definition) is 2. The molecule has 8 heteroatoms. The van der Waals surface area contributed by atoms with Crippen molar-refractivity contribution in [1.82, 2.24) is 9.62 Å². The lowest BCUT2D eigenvalue weighted by atomic mass is 10.0. The number of piperidine rings is 1. The maximum Gasteiger partial charge on any atom is 0.320 e. The van der Waals surface area contributed by atoms with E-state index in [2.05, 4.69) is 4.72 Å². The molecule has 122 valence electrons. The van der Waals surface area contributed by atoms with E-state index in [0.717, 1.165) is 12.1 Å². The lowest BCUT2D eigenvalue weighted by Gasteiger charge is -2.34. The first-order chi connectivity index (χ1) is 10.3. The molecule has 0 saturated carbocycles. The summed E-state index contributed by atoms with van der Waals surface area (Å²) in [6.07, 6.45) is 1.08. The van der Waals surface area contributed by atoms with Crippen LogP contribution in [0.2, 0.25) is 0 Å². The van der Waals surface area contributed by atoms with Gasteiger partial charge in [0.25, 0.3) is 0 Å². The van der Waals surface area contributed by atoms with Gasteiger partial charge in [-0.2, -0.15) is 0 Å². The van der Waals surface area contributed by atoms with Gasteiger partial charge >= 0.3 is 5.97 Å². The molecule has 0 amide bonds. The maximum atomic E-state index is 12.8. The average molecular weight is 330 g/mol. The first-order valence-electron chi connectivity index (χ1n) is 7.04. The molecule has 1 aliphatic rings. The zero-order chi connectivity index (χ0) is 16.3. The summed E-state index contributed by atoms with van der Waals surface area (Å²) < 4.78 is 39.8. The van der Waals surface area contributed by atoms with Gasteiger partial charge in [0, 0.05) is 19.1 Å². The van der Waals surface area contributed by atoms with Gasteiger partial charge in [-0.05, 0) is 44.0 Å². The van der Waals surface area contributed by atoms with E-state index in [1.165, 1.54) is 12.1 Å². The Morgan fingerprint density at radius 1 is 1.32 bits per heavy atom. The number of halogens is 1. The first kappa shape index (κ1) is 16.9. The second-order valence-corrected chi connectivity index (χ2v) is 7.11. The molecule has 0 bridgehead atoms. The van der Waals surface area contributed by atoms with Gasteiger partial charge in [0.15, 0.2) is 0 Å². The zero-order valence-corrected chi connectivity index (χ0v) is 13.0. The van der Waals surface area contributed by atoms with E-state index in [1.54, 1.807) is 6.92 Å². The smallest absolute Gasteiger partial charge is 0.320 e. The number of nitrogens with one attached hydrogen (secondary N) is 1. The molecule has 2 N–H and O–H groups in total. The Labute approximate surface area is 129 Å². The van der Waals surface area contributed by atoms with E-state index >= 15 is 0 Å². The summed E-state index contributed by atoms with van der Waals surface area (Å²) in [4.78, 5) is 12.8. The van der Waals surface area contributed by atoms with Crippen molar-refractivity contribution in [3.8, 4) is 0 Å². The largest absolute Gasteiger partial charge is 0.480 e. The minimum atomic E-state index is -3.68. The van der Waals surface area contributed by atoms with Crippen LogP contribution in [0.3, 0.4) is 0 Å². The normalized spacial score (nSPS) is 19.0. The van der Waals surface area contributed by atoms with Crippen LogP contribution >= 0.6 is 0 Å². The minimum Gasteiger partial charge on any atom is -0.480 e. The number of carboxylic acid groups (broad SMARTS) is 1. The number of carboxylic acids is 1. The van der Waals surface area contributed by atoms with Crippen LogP contribution in [0, 0.1) is 5.82 Å². The minimum absolute atomic E-state index is 0.0234. The summed E-state index contributed by atoms with van der Waals surface area (Å²) in [7, 11) is -3.68. The fourth-order valence-corrected chi connectivity index (χ4v) is 3.77. The Morgan fingerprint density at radius 2 is 1.86 bits per heavy atom. The number of hydrogen-bond acceptors (Lipinski definition) is 4. The van der Waals surface area contributed by atoms with Crippen molar-refractivity contribution in [2.75, 3.05) is 13.1 Å². The van der Waals surface area contributed by atoms with Gasteiger partial charge in [-0.25, -0.2) is 17.5 Å². The Morgan fingerprint density at radius 3 is 2.36 bits per heavy atom. The number of likely N-dealkylation sites (tertiary alicyclic amines) is 1. The second-order valence-electron chi connectivity index (χ2n) is 5.40. The molecule has 0 radical (unpaired) electrons. The molecule has 0 aromatic heterocycles. The van der Waals surface area contributed by atoms with Crippen LogP contribution < -0.4 is 4.72 Å². The fraction of sp³-hybridized carbons (Fsp3) is 0.500. The average Bonchev–Trinajstić information content (AvgIpc) is 2.47. The van der Waals surface area contributed by atoms with Crippen LogP contribution in [0.4, 0.5) is 4.39 Å². The van der Waals surface area contributed by atoms with Crippen molar-refractivity contribution >= 4 is 16.0 Å². The number of carbonyl (C=O) groups is 1. The molecule has 1 aromatic carbocycles. The van der Waals surface area contributed by atoms with Crippen molar-refractivity contribution in [1.29, 1.82) is 0 Å². The monoisotopic (exact) mass is 330 g/mol. The lowest BCUT2D eigenvalue weighted by molar-refractivity contribution is -0.143. The van der Waals surface area contributed by atoms with E-state index in [1.807, 2.05) is 4.90 Å². The van der Waals surface area contributed by atoms with Crippen molar-refractivity contribution in [3.63, 3.8) is 0 Å². The van der Waals surface area contributed by atoms with Crippen LogP contribution in [-0.2, 0) is 14.8 Å². The third kappa shape index (κ3) is 4.02. The van der Waals surface area contributed by atoms with E-state index in [4.69, 9.17) is 5.11 Å². The highest BCUT2D eigenvalue weighted by Gasteiger charge is 2.28. The third-order valence-corrected chi connectivity index (χ3v) is 5.42. The molecule has 0 aliphatic carbocycles. The van der Waals surface area contributed by atoms with Crippen LogP contribution in [-0.4, -0.2) is 49.6 Å². The van der Waals surface area contributed by atoms with Crippen molar-refractivity contribution in [3.05, 3.63) is 30.1 Å². The maximum absolute atomic E-state index is 12.8. The molecule has 6 nitrogen and oxygen atoms in total. The summed E-state index contributed by atoms with van der Waals surface area (Å²) in [6.45, 7) is 2.65. The highest BCUT2D eigenvalue weighted by molar-refractivity contribution is 7.89. The van der Waals surface area contributed by atoms with Crippen LogP contribution in [0.1, 0.15) is 19.8 Å². The van der Waals surface area contributed by atoms with E-state index in [0.29, 0.717) is 25.9 Å². The van der Waals surface area contributed by atoms with Crippen LogP contribution in [0.15, 0.2) is 29.2 Å². The van der Waals surface area contributed by atoms with E-state index < -0.39 is 27.9 Å². The molecule has 2 rings (SSSR count). The predicted octanol–water partition coefficient (Wildman–Crippen LogP) is 1.04. The van der Waals surface area contributed by atoms with Gasteiger partial charge in [-0.15, -0.1) is 0 Å². The first-order valence-corrected chi connectivity index (χ1v) is 8.52. The van der Waals surface area contributed by atoms with Crippen molar-refractivity contribution < 1.29 is 22.7 Å². The van der Waals surface area contributed by atoms with Gasteiger partial charge < -0.3 is 5.11 Å². The Bertz CT molecular complexity index is 625. The second kappa shape index (κ2) is 6.72. The van der Waals surface area contributed by atoms with E-state index in [-0.39, 0.29) is 10.9 Å². The number of benzene rings is 1. The van der Waals surface area contributed by atoms with Gasteiger partial charge in [-0.3, -0.25) is 9.69 Å². The van der Waals surface area contributed by atoms with Gasteiger partial charge in [0.1, 0.15) is 11.9 Å². The molecule has 22 heavy (non-hydrogen) atoms. The highest BCUT2D eigenvalue weighted by atomic mass is 32.2. The molecule has 1 aliphatic heterocycles. The predicted molar refractivity (Wildman–Crippen MR) is 78.4 cm³/mol. The van der Waals surface area contributed by atoms with E-state index in [9.17, 15) is 17.6 Å². The molecule has 1 heterocycles. The fourth-order valence-electron chi connectivity index (χ4n) is 2.46. The zero-order valence-electron chi connectivity index (χ0n) is 12.2. The lowest BCUT2D eigenvalue weighted by Crippen LogP contribution is -2.49. The Kier molecular flexibility index (Phi) is 5.15.